The Morgan fingerprint density at radius 1 is 1.71 bits per heavy atom. The van der Waals surface area contributed by atoms with E-state index in [9.17, 15) is 8.42 Å². The molecule has 0 bridgehead atoms. The molecule has 1 N–H and O–H groups in total. The molecule has 0 aliphatic heterocycles. The lowest BCUT2D eigenvalue weighted by Gasteiger charge is -2.14. The summed E-state index contributed by atoms with van der Waals surface area (Å²) in [6, 6.07) is -0.295. The number of halogens is 1. The Labute approximate surface area is 106 Å². The third-order valence-corrected chi connectivity index (χ3v) is 4.30. The van der Waals surface area contributed by atoms with Gasteiger partial charge >= 0.3 is 0 Å². The van der Waals surface area contributed by atoms with Gasteiger partial charge in [0.1, 0.15) is 0 Å². The van der Waals surface area contributed by atoms with Gasteiger partial charge in [-0.1, -0.05) is 18.5 Å². The lowest BCUT2D eigenvalue weighted by atomic mass is 10.2. The van der Waals surface area contributed by atoms with Gasteiger partial charge in [0.25, 0.3) is 10.0 Å². The Morgan fingerprint density at radius 2 is 2.35 bits per heavy atom. The quantitative estimate of drug-likeness (QED) is 0.820. The van der Waals surface area contributed by atoms with Gasteiger partial charge in [0.2, 0.25) is 0 Å². The molecule has 0 aliphatic rings. The van der Waals surface area contributed by atoms with Crippen molar-refractivity contribution in [1.82, 2.24) is 14.5 Å². The first-order valence-electron chi connectivity index (χ1n) is 5.05. The van der Waals surface area contributed by atoms with Gasteiger partial charge in [-0.3, -0.25) is 4.68 Å². The van der Waals surface area contributed by atoms with Crippen LogP contribution in [0.2, 0.25) is 5.02 Å². The Morgan fingerprint density at radius 3 is 2.76 bits per heavy atom. The molecule has 0 saturated carbocycles. The fourth-order valence-corrected chi connectivity index (χ4v) is 3.36. The predicted molar refractivity (Wildman–Crippen MR) is 66.1 cm³/mol. The number of aromatic nitrogens is 2. The van der Waals surface area contributed by atoms with Gasteiger partial charge < -0.3 is 0 Å². The number of hydrogen-bond acceptors (Lipinski definition) is 3. The molecule has 0 amide bonds. The fourth-order valence-electron chi connectivity index (χ4n) is 1.39. The summed E-state index contributed by atoms with van der Waals surface area (Å²) in [7, 11) is -2.17. The topological polar surface area (TPSA) is 64.0 Å². The smallest absolute Gasteiger partial charge is 0.255 e. The second-order valence-corrected chi connectivity index (χ2v) is 5.59. The molecule has 1 aromatic rings. The molecular weight excluding hydrogens is 262 g/mol. The van der Waals surface area contributed by atoms with E-state index in [0.717, 1.165) is 0 Å². The molecule has 0 aliphatic carbocycles. The average molecular weight is 276 g/mol. The van der Waals surface area contributed by atoms with Crippen LogP contribution in [-0.4, -0.2) is 24.2 Å². The van der Waals surface area contributed by atoms with Crippen LogP contribution in [0.25, 0.3) is 0 Å². The highest BCUT2D eigenvalue weighted by Gasteiger charge is 2.25. The molecule has 5 nitrogen and oxygen atoms in total. The summed E-state index contributed by atoms with van der Waals surface area (Å²) < 4.78 is 27.8. The Hall–Kier alpha value is -1.03. The molecule has 94 valence electrons. The zero-order valence-electron chi connectivity index (χ0n) is 9.64. The molecule has 0 radical (unpaired) electrons. The molecule has 7 heteroatoms. The van der Waals surface area contributed by atoms with Gasteiger partial charge in [-0.15, -0.1) is 12.3 Å². The number of aryl methyl sites for hydroxylation is 1. The number of nitrogens with zero attached hydrogens (tertiary/aromatic N) is 2. The fraction of sp³-hybridized carbons (Fsp3) is 0.500. The van der Waals surface area contributed by atoms with Crippen LogP contribution in [0.4, 0.5) is 0 Å². The van der Waals surface area contributed by atoms with Crippen LogP contribution in [0.5, 0.6) is 0 Å². The van der Waals surface area contributed by atoms with Crippen molar-refractivity contribution in [2.24, 2.45) is 7.05 Å². The van der Waals surface area contributed by atoms with Crippen molar-refractivity contribution in [3.63, 3.8) is 0 Å². The van der Waals surface area contributed by atoms with Gasteiger partial charge in [0, 0.05) is 19.5 Å². The van der Waals surface area contributed by atoms with Gasteiger partial charge in [0.15, 0.2) is 5.03 Å². The first kappa shape index (κ1) is 14.0. The van der Waals surface area contributed by atoms with E-state index >= 15 is 0 Å². The standard InChI is InChI=1S/C10H14ClN3O2S/c1-4-6-8(5-2)13-17(15,16)10-9(11)7-12-14(10)3/h1,7-8,13H,5-6H2,2-3H3. The van der Waals surface area contributed by atoms with Crippen molar-refractivity contribution in [3.8, 4) is 12.3 Å². The normalized spacial score (nSPS) is 13.3. The van der Waals surface area contributed by atoms with Crippen molar-refractivity contribution in [1.29, 1.82) is 0 Å². The first-order valence-corrected chi connectivity index (χ1v) is 6.91. The summed E-state index contributed by atoms with van der Waals surface area (Å²) in [4.78, 5) is 0. The van der Waals surface area contributed by atoms with Crippen molar-refractivity contribution >= 4 is 21.6 Å². The summed E-state index contributed by atoms with van der Waals surface area (Å²) in [5.74, 6) is 2.43. The van der Waals surface area contributed by atoms with Crippen molar-refractivity contribution in [3.05, 3.63) is 11.2 Å². The minimum Gasteiger partial charge on any atom is -0.255 e. The Kier molecular flexibility index (Phi) is 4.57. The van der Waals surface area contributed by atoms with Gasteiger partial charge in [-0.25, -0.2) is 13.1 Å². The van der Waals surface area contributed by atoms with Gasteiger partial charge in [0.05, 0.1) is 11.2 Å². The SMILES string of the molecule is C#CCC(CC)NS(=O)(=O)c1c(Cl)cnn1C. The van der Waals surface area contributed by atoms with E-state index in [-0.39, 0.29) is 16.1 Å². The number of terminal acetylenes is 1. The zero-order valence-corrected chi connectivity index (χ0v) is 11.2. The van der Waals surface area contributed by atoms with Crippen molar-refractivity contribution in [2.75, 3.05) is 0 Å². The molecule has 0 spiro atoms. The average Bonchev–Trinajstić information content (AvgIpc) is 2.58. The Balaban J connectivity index is 3.01. The number of nitrogens with one attached hydrogen (secondary N) is 1. The van der Waals surface area contributed by atoms with Crippen LogP contribution in [0.1, 0.15) is 19.8 Å². The number of sulfonamides is 1. The van der Waals surface area contributed by atoms with Crippen LogP contribution in [-0.2, 0) is 17.1 Å². The molecule has 17 heavy (non-hydrogen) atoms. The predicted octanol–water partition coefficient (Wildman–Crippen LogP) is 1.15. The third-order valence-electron chi connectivity index (χ3n) is 2.28. The summed E-state index contributed by atoms with van der Waals surface area (Å²) in [6.07, 6.45) is 7.41. The van der Waals surface area contributed by atoms with Crippen LogP contribution in [0.15, 0.2) is 11.2 Å². The highest BCUT2D eigenvalue weighted by atomic mass is 35.5. The maximum atomic E-state index is 12.1. The minimum atomic E-state index is -3.69. The Bertz CT molecular complexity index is 511. The van der Waals surface area contributed by atoms with Crippen molar-refractivity contribution in [2.45, 2.75) is 30.8 Å². The molecule has 1 rings (SSSR count). The summed E-state index contributed by atoms with van der Waals surface area (Å²) in [5, 5.41) is 3.83. The largest absolute Gasteiger partial charge is 0.259 e. The molecular formula is C10H14ClN3O2S. The molecule has 0 fully saturated rings. The molecule has 1 aromatic heterocycles. The van der Waals surface area contributed by atoms with Crippen LogP contribution >= 0.6 is 11.6 Å². The van der Waals surface area contributed by atoms with Gasteiger partial charge in [-0.05, 0) is 6.42 Å². The highest BCUT2D eigenvalue weighted by Crippen LogP contribution is 2.20. The maximum Gasteiger partial charge on any atom is 0.259 e. The maximum absolute atomic E-state index is 12.1. The van der Waals surface area contributed by atoms with E-state index in [2.05, 4.69) is 15.7 Å². The first-order chi connectivity index (χ1) is 7.92. The second-order valence-electron chi connectivity index (χ2n) is 3.56. The summed E-state index contributed by atoms with van der Waals surface area (Å²) in [6.45, 7) is 1.86. The summed E-state index contributed by atoms with van der Waals surface area (Å²) >= 11 is 5.79. The molecule has 1 unspecified atom stereocenters. The molecule has 1 heterocycles. The number of rotatable bonds is 5. The van der Waals surface area contributed by atoms with Crippen LogP contribution in [0.3, 0.4) is 0 Å². The lowest BCUT2D eigenvalue weighted by Crippen LogP contribution is -2.35. The van der Waals surface area contributed by atoms with E-state index in [1.165, 1.54) is 17.9 Å². The molecule has 1 atom stereocenters. The van der Waals surface area contributed by atoms with Gasteiger partial charge in [-0.2, -0.15) is 5.10 Å². The number of hydrogen-bond donors (Lipinski definition) is 1. The molecule has 0 saturated heterocycles. The lowest BCUT2D eigenvalue weighted by molar-refractivity contribution is 0.531. The minimum absolute atomic E-state index is 0.0466. The summed E-state index contributed by atoms with van der Waals surface area (Å²) in [5.41, 5.74) is 0. The highest BCUT2D eigenvalue weighted by molar-refractivity contribution is 7.89. The van der Waals surface area contributed by atoms with E-state index in [1.54, 1.807) is 0 Å². The third kappa shape index (κ3) is 3.22. The monoisotopic (exact) mass is 275 g/mol. The van der Waals surface area contributed by atoms with Crippen LogP contribution in [0, 0.1) is 12.3 Å². The van der Waals surface area contributed by atoms with Crippen LogP contribution < -0.4 is 4.72 Å². The second kappa shape index (κ2) is 5.54. The van der Waals surface area contributed by atoms with E-state index in [0.29, 0.717) is 12.8 Å². The van der Waals surface area contributed by atoms with E-state index in [1.807, 2.05) is 6.92 Å². The molecule has 0 aromatic carbocycles. The van der Waals surface area contributed by atoms with E-state index < -0.39 is 10.0 Å². The van der Waals surface area contributed by atoms with E-state index in [4.69, 9.17) is 18.0 Å². The zero-order chi connectivity index (χ0) is 13.1. The van der Waals surface area contributed by atoms with Crippen molar-refractivity contribution < 1.29 is 8.42 Å².